The molecule has 0 saturated carbocycles. The summed E-state index contributed by atoms with van der Waals surface area (Å²) in [6, 6.07) is 16.0. The summed E-state index contributed by atoms with van der Waals surface area (Å²) in [5.41, 5.74) is 5.30. The Bertz CT molecular complexity index is 1610. The third kappa shape index (κ3) is 5.91. The number of benzene rings is 4. The summed E-state index contributed by atoms with van der Waals surface area (Å²) in [6.07, 6.45) is -0.228. The van der Waals surface area contributed by atoms with Crippen LogP contribution in [0, 0.1) is 0 Å². The molecule has 4 aromatic carbocycles. The van der Waals surface area contributed by atoms with Crippen LogP contribution in [0.1, 0.15) is 19.3 Å². The van der Waals surface area contributed by atoms with Gasteiger partial charge in [-0.05, 0) is 52.3 Å². The van der Waals surface area contributed by atoms with Crippen molar-refractivity contribution in [2.75, 3.05) is 19.8 Å². The van der Waals surface area contributed by atoms with Crippen LogP contribution in [0.3, 0.4) is 0 Å². The minimum atomic E-state index is -4.58. The molecule has 2 atom stereocenters. The number of nitrogens with one attached hydrogen (secondary N) is 2. The molecule has 196 valence electrons. The molecule has 0 saturated heterocycles. The highest BCUT2D eigenvalue weighted by molar-refractivity contribution is 7.89. The maximum absolute atomic E-state index is 13.4. The van der Waals surface area contributed by atoms with Gasteiger partial charge in [0.2, 0.25) is 21.8 Å². The Labute approximate surface area is 213 Å². The van der Waals surface area contributed by atoms with Gasteiger partial charge in [0.15, 0.2) is 0 Å². The normalized spacial score (nSPS) is 14.6. The molecule has 0 spiro atoms. The topological polar surface area (TPSA) is 145 Å². The Kier molecular flexibility index (Phi) is 7.80. The first-order chi connectivity index (χ1) is 17.5. The van der Waals surface area contributed by atoms with Gasteiger partial charge in [0, 0.05) is 19.0 Å². The van der Waals surface area contributed by atoms with E-state index in [0.717, 1.165) is 34.0 Å². The van der Waals surface area contributed by atoms with Crippen molar-refractivity contribution < 1.29 is 31.3 Å². The molecule has 2 amide bonds. The average Bonchev–Trinajstić information content (AvgIpc) is 2.85. The SMILES string of the molecule is COP(=O)(F)CC(=O)N[C@@H](CCCCNS(=O)(=O)c1ccc2ccc3cccc4ccc1c2c34)C(N)=O. The molecular weight excluding hydrogens is 520 g/mol. The fourth-order valence-corrected chi connectivity index (χ4v) is 6.30. The molecule has 0 radical (unpaired) electrons. The van der Waals surface area contributed by atoms with Gasteiger partial charge >= 0.3 is 7.68 Å². The Morgan fingerprint density at radius 2 is 1.62 bits per heavy atom. The first-order valence-electron chi connectivity index (χ1n) is 11.6. The summed E-state index contributed by atoms with van der Waals surface area (Å²) in [7, 11) is -7.54. The van der Waals surface area contributed by atoms with Gasteiger partial charge < -0.3 is 15.6 Å². The lowest BCUT2D eigenvalue weighted by Crippen LogP contribution is -2.45. The quantitative estimate of drug-likeness (QED) is 0.140. The van der Waals surface area contributed by atoms with Crippen molar-refractivity contribution in [3.05, 3.63) is 54.6 Å². The largest absolute Gasteiger partial charge is 0.376 e. The molecule has 37 heavy (non-hydrogen) atoms. The Morgan fingerprint density at radius 1 is 1.00 bits per heavy atom. The lowest BCUT2D eigenvalue weighted by Gasteiger charge is -2.16. The van der Waals surface area contributed by atoms with Crippen LogP contribution in [0.15, 0.2) is 59.5 Å². The molecule has 0 aromatic heterocycles. The second-order valence-corrected chi connectivity index (χ2v) is 12.4. The second-order valence-electron chi connectivity index (χ2n) is 8.77. The fraction of sp³-hybridized carbons (Fsp3) is 0.280. The molecule has 12 heteroatoms. The monoisotopic (exact) mass is 547 g/mol. The van der Waals surface area contributed by atoms with Crippen molar-refractivity contribution in [3.8, 4) is 0 Å². The summed E-state index contributed by atoms with van der Waals surface area (Å²) in [4.78, 5) is 23.7. The number of halogens is 1. The molecule has 0 aliphatic heterocycles. The lowest BCUT2D eigenvalue weighted by molar-refractivity contribution is -0.126. The lowest BCUT2D eigenvalue weighted by atomic mass is 9.94. The van der Waals surface area contributed by atoms with Gasteiger partial charge in [0.05, 0.1) is 4.90 Å². The van der Waals surface area contributed by atoms with Crippen molar-refractivity contribution in [1.82, 2.24) is 10.0 Å². The number of unbranched alkanes of at least 4 members (excludes halogenated alkanes) is 1. The number of hydrogen-bond acceptors (Lipinski definition) is 6. The van der Waals surface area contributed by atoms with Gasteiger partial charge in [-0.15, -0.1) is 0 Å². The maximum Gasteiger partial charge on any atom is 0.376 e. The first-order valence-corrected chi connectivity index (χ1v) is 14.8. The predicted molar refractivity (Wildman–Crippen MR) is 141 cm³/mol. The summed E-state index contributed by atoms with van der Waals surface area (Å²) in [5.74, 6) is -1.81. The van der Waals surface area contributed by atoms with Crippen LogP contribution < -0.4 is 15.8 Å². The summed E-state index contributed by atoms with van der Waals surface area (Å²) < 4.78 is 57.8. The van der Waals surface area contributed by atoms with Gasteiger partial charge in [0.1, 0.15) is 12.2 Å². The van der Waals surface area contributed by atoms with E-state index in [-0.39, 0.29) is 17.9 Å². The number of carbonyl (C=O) groups excluding carboxylic acids is 2. The molecule has 9 nitrogen and oxygen atoms in total. The Morgan fingerprint density at radius 3 is 2.27 bits per heavy atom. The number of amides is 2. The standard InChI is InChI=1S/C25H27FN3O6PS/c1-35-36(26,32)15-22(30)29-20(25(27)31)7-2-3-14-28-37(33,34)21-13-11-18-9-8-16-5-4-6-17-10-12-19(21)24(18)23(16)17/h4-6,8-13,20,28H,2-3,7,14-15H2,1H3,(H2,27,31)(H,29,30)/t20-,36?/m0/s1. The predicted octanol–water partition coefficient (Wildman–Crippen LogP) is 3.81. The van der Waals surface area contributed by atoms with Crippen LogP contribution in [0.25, 0.3) is 32.3 Å². The number of rotatable bonds is 12. The molecule has 1 unspecified atom stereocenters. The fourth-order valence-electron chi connectivity index (χ4n) is 4.46. The number of primary amides is 1. The van der Waals surface area contributed by atoms with Crippen LogP contribution >= 0.6 is 7.68 Å². The zero-order chi connectivity index (χ0) is 26.8. The van der Waals surface area contributed by atoms with Crippen LogP contribution in [0.4, 0.5) is 4.20 Å². The Hall–Kier alpha value is -3.11. The van der Waals surface area contributed by atoms with Crippen LogP contribution in [-0.4, -0.2) is 46.1 Å². The molecule has 4 N–H and O–H groups in total. The van der Waals surface area contributed by atoms with E-state index < -0.39 is 41.7 Å². The van der Waals surface area contributed by atoms with Crippen molar-refractivity contribution in [2.45, 2.75) is 30.2 Å². The van der Waals surface area contributed by atoms with Crippen LogP contribution in [0.2, 0.25) is 0 Å². The van der Waals surface area contributed by atoms with E-state index in [9.17, 15) is 26.8 Å². The molecule has 0 aliphatic rings. The van der Waals surface area contributed by atoms with E-state index in [4.69, 9.17) is 5.73 Å². The van der Waals surface area contributed by atoms with Gasteiger partial charge in [-0.25, -0.2) is 13.1 Å². The highest BCUT2D eigenvalue weighted by Crippen LogP contribution is 2.47. The zero-order valence-corrected chi connectivity index (χ0v) is 21.8. The number of carbonyl (C=O) groups is 2. The van der Waals surface area contributed by atoms with E-state index in [2.05, 4.69) is 14.6 Å². The number of nitrogens with two attached hydrogens (primary N) is 1. The van der Waals surface area contributed by atoms with Crippen molar-refractivity contribution >= 4 is 61.8 Å². The minimum absolute atomic E-state index is 0.0904. The molecule has 0 bridgehead atoms. The van der Waals surface area contributed by atoms with Gasteiger partial charge in [0.25, 0.3) is 0 Å². The van der Waals surface area contributed by atoms with Gasteiger partial charge in [-0.3, -0.25) is 14.2 Å². The van der Waals surface area contributed by atoms with Crippen molar-refractivity contribution in [1.29, 1.82) is 0 Å². The molecular formula is C25H27FN3O6PS. The number of sulfonamides is 1. The summed E-state index contributed by atoms with van der Waals surface area (Å²) >= 11 is 0. The van der Waals surface area contributed by atoms with Crippen LogP contribution in [-0.2, 0) is 28.7 Å². The Balaban J connectivity index is 1.41. The van der Waals surface area contributed by atoms with Crippen molar-refractivity contribution in [3.63, 3.8) is 0 Å². The maximum atomic E-state index is 13.4. The van der Waals surface area contributed by atoms with E-state index in [1.807, 2.05) is 42.5 Å². The highest BCUT2D eigenvalue weighted by atomic mass is 32.2. The van der Waals surface area contributed by atoms with E-state index >= 15 is 0 Å². The van der Waals surface area contributed by atoms with Gasteiger partial charge in [-0.1, -0.05) is 48.5 Å². The third-order valence-electron chi connectivity index (χ3n) is 6.27. The summed E-state index contributed by atoms with van der Waals surface area (Å²) in [6.45, 7) is 0.0904. The van der Waals surface area contributed by atoms with E-state index in [0.29, 0.717) is 18.2 Å². The molecule has 4 rings (SSSR count). The average molecular weight is 548 g/mol. The minimum Gasteiger partial charge on any atom is -0.368 e. The first kappa shape index (κ1) is 26.9. The highest BCUT2D eigenvalue weighted by Gasteiger charge is 2.27. The van der Waals surface area contributed by atoms with E-state index in [1.54, 1.807) is 12.1 Å². The molecule has 4 aromatic rings. The van der Waals surface area contributed by atoms with Gasteiger partial charge in [-0.2, -0.15) is 4.20 Å². The van der Waals surface area contributed by atoms with E-state index in [1.165, 1.54) is 0 Å². The molecule has 0 aliphatic carbocycles. The summed E-state index contributed by atoms with van der Waals surface area (Å²) in [5, 5.41) is 7.80. The van der Waals surface area contributed by atoms with Crippen molar-refractivity contribution in [2.24, 2.45) is 5.73 Å². The van der Waals surface area contributed by atoms with Crippen LogP contribution in [0.5, 0.6) is 0 Å². The molecule has 0 fully saturated rings. The third-order valence-corrected chi connectivity index (χ3v) is 9.00. The zero-order valence-electron chi connectivity index (χ0n) is 20.1. The second kappa shape index (κ2) is 10.7. The number of hydrogen-bond donors (Lipinski definition) is 3. The molecule has 0 heterocycles. The smallest absolute Gasteiger partial charge is 0.368 e.